The number of aliphatic hydroxyl groups excluding tert-OH is 1. The number of sulfonamides is 1. The second-order valence-corrected chi connectivity index (χ2v) is 6.51. The van der Waals surface area contributed by atoms with E-state index in [1.807, 2.05) is 0 Å². The second-order valence-electron chi connectivity index (χ2n) is 3.59. The zero-order valence-electron chi connectivity index (χ0n) is 9.43. The van der Waals surface area contributed by atoms with Crippen molar-refractivity contribution in [2.75, 3.05) is 25.9 Å². The molecule has 0 aliphatic rings. The van der Waals surface area contributed by atoms with Gasteiger partial charge in [-0.15, -0.1) is 0 Å². The smallest absolute Gasteiger partial charge is 0.244 e. The number of halogens is 1. The number of nitrogens with zero attached hydrogens (tertiary/aromatic N) is 1. The molecule has 0 radical (unpaired) electrons. The lowest BCUT2D eigenvalue weighted by Crippen LogP contribution is -2.29. The third-order valence-electron chi connectivity index (χ3n) is 2.29. The van der Waals surface area contributed by atoms with E-state index < -0.39 is 10.0 Å². The molecular formula is C10H15BrN2O3S. The van der Waals surface area contributed by atoms with Crippen molar-refractivity contribution in [3.63, 3.8) is 0 Å². The van der Waals surface area contributed by atoms with Gasteiger partial charge in [0.2, 0.25) is 10.0 Å². The first-order chi connectivity index (χ1) is 7.89. The molecule has 0 aliphatic carbocycles. The molecule has 96 valence electrons. The molecule has 0 amide bonds. The van der Waals surface area contributed by atoms with Crippen molar-refractivity contribution in [1.29, 1.82) is 0 Å². The summed E-state index contributed by atoms with van der Waals surface area (Å²) < 4.78 is 26.2. The fourth-order valence-electron chi connectivity index (χ4n) is 1.34. The predicted molar refractivity (Wildman–Crippen MR) is 70.1 cm³/mol. The van der Waals surface area contributed by atoms with Crippen LogP contribution in [0.15, 0.2) is 27.6 Å². The Kier molecular flexibility index (Phi) is 4.93. The molecule has 1 aromatic carbocycles. The first-order valence-electron chi connectivity index (χ1n) is 5.02. The van der Waals surface area contributed by atoms with E-state index in [0.717, 1.165) is 4.47 Å². The normalized spacial score (nSPS) is 12.0. The molecular weight excluding hydrogens is 308 g/mol. The van der Waals surface area contributed by atoms with Crippen LogP contribution in [0.1, 0.15) is 6.42 Å². The van der Waals surface area contributed by atoms with Gasteiger partial charge in [-0.25, -0.2) is 12.7 Å². The van der Waals surface area contributed by atoms with Gasteiger partial charge in [-0.1, -0.05) is 15.9 Å². The summed E-state index contributed by atoms with van der Waals surface area (Å²) in [7, 11) is -2.12. The zero-order valence-corrected chi connectivity index (χ0v) is 11.8. The van der Waals surface area contributed by atoms with Crippen LogP contribution >= 0.6 is 15.9 Å². The number of aliphatic hydroxyl groups is 1. The molecule has 0 atom stereocenters. The van der Waals surface area contributed by atoms with Gasteiger partial charge in [0, 0.05) is 24.7 Å². The highest BCUT2D eigenvalue weighted by molar-refractivity contribution is 9.10. The molecule has 0 spiro atoms. The monoisotopic (exact) mass is 322 g/mol. The molecule has 0 saturated heterocycles. The van der Waals surface area contributed by atoms with Crippen LogP contribution in [0, 0.1) is 0 Å². The van der Waals surface area contributed by atoms with Gasteiger partial charge in [0.1, 0.15) is 4.90 Å². The molecule has 5 nitrogen and oxygen atoms in total. The topological polar surface area (TPSA) is 83.6 Å². The fraction of sp³-hybridized carbons (Fsp3) is 0.400. The maximum atomic E-state index is 12.1. The van der Waals surface area contributed by atoms with Crippen molar-refractivity contribution in [2.24, 2.45) is 0 Å². The Labute approximate surface area is 109 Å². The van der Waals surface area contributed by atoms with E-state index in [2.05, 4.69) is 15.9 Å². The fourth-order valence-corrected chi connectivity index (χ4v) is 3.02. The third kappa shape index (κ3) is 3.41. The molecule has 1 rings (SSSR count). The van der Waals surface area contributed by atoms with Crippen molar-refractivity contribution in [1.82, 2.24) is 4.31 Å². The number of hydrogen-bond acceptors (Lipinski definition) is 4. The van der Waals surface area contributed by atoms with Gasteiger partial charge in [0.15, 0.2) is 0 Å². The van der Waals surface area contributed by atoms with Crippen LogP contribution in [0.4, 0.5) is 5.69 Å². The summed E-state index contributed by atoms with van der Waals surface area (Å²) >= 11 is 3.22. The highest BCUT2D eigenvalue weighted by Gasteiger charge is 2.22. The number of anilines is 1. The lowest BCUT2D eigenvalue weighted by molar-refractivity contribution is 0.275. The summed E-state index contributed by atoms with van der Waals surface area (Å²) in [6.45, 7) is 0.212. The summed E-state index contributed by atoms with van der Waals surface area (Å²) in [6, 6.07) is 4.64. The van der Waals surface area contributed by atoms with Crippen molar-refractivity contribution in [3.8, 4) is 0 Å². The number of nitrogens with two attached hydrogens (primary N) is 1. The van der Waals surface area contributed by atoms with Gasteiger partial charge in [-0.2, -0.15) is 0 Å². The minimum Gasteiger partial charge on any atom is -0.398 e. The van der Waals surface area contributed by atoms with Gasteiger partial charge in [0.05, 0.1) is 5.69 Å². The number of nitrogen functional groups attached to an aromatic ring is 1. The van der Waals surface area contributed by atoms with Crippen molar-refractivity contribution < 1.29 is 13.5 Å². The zero-order chi connectivity index (χ0) is 13.1. The Bertz CT molecular complexity index is 490. The number of benzene rings is 1. The SMILES string of the molecule is CN(CCCO)S(=O)(=O)c1ccc(Br)cc1N. The molecule has 0 aliphatic heterocycles. The molecule has 1 aromatic rings. The molecule has 3 N–H and O–H groups in total. The molecule has 7 heteroatoms. The van der Waals surface area contributed by atoms with Gasteiger partial charge in [0.25, 0.3) is 0 Å². The predicted octanol–water partition coefficient (Wildman–Crippen LogP) is 1.03. The average molecular weight is 323 g/mol. The lowest BCUT2D eigenvalue weighted by Gasteiger charge is -2.17. The van der Waals surface area contributed by atoms with Crippen LogP contribution in [-0.4, -0.2) is 38.0 Å². The van der Waals surface area contributed by atoms with Gasteiger partial charge < -0.3 is 10.8 Å². The lowest BCUT2D eigenvalue weighted by atomic mass is 10.3. The van der Waals surface area contributed by atoms with Gasteiger partial charge >= 0.3 is 0 Å². The quantitative estimate of drug-likeness (QED) is 0.793. The van der Waals surface area contributed by atoms with Crippen molar-refractivity contribution in [3.05, 3.63) is 22.7 Å². The Morgan fingerprint density at radius 2 is 2.12 bits per heavy atom. The maximum absolute atomic E-state index is 12.1. The van der Waals surface area contributed by atoms with E-state index in [1.54, 1.807) is 12.1 Å². The van der Waals surface area contributed by atoms with E-state index in [4.69, 9.17) is 10.8 Å². The number of hydrogen-bond donors (Lipinski definition) is 2. The third-order valence-corrected chi connectivity index (χ3v) is 4.72. The van der Waals surface area contributed by atoms with Crippen LogP contribution in [0.2, 0.25) is 0 Å². The van der Waals surface area contributed by atoms with E-state index >= 15 is 0 Å². The van der Waals surface area contributed by atoms with Crippen molar-refractivity contribution in [2.45, 2.75) is 11.3 Å². The van der Waals surface area contributed by atoms with E-state index in [9.17, 15) is 8.42 Å². The Hall–Kier alpha value is -0.630. The average Bonchev–Trinajstić information content (AvgIpc) is 2.25. The summed E-state index contributed by atoms with van der Waals surface area (Å²) in [6.07, 6.45) is 0.395. The molecule has 0 saturated carbocycles. The standard InChI is InChI=1S/C10H15BrN2O3S/c1-13(5-2-6-14)17(15,16)10-4-3-8(11)7-9(10)12/h3-4,7,14H,2,5-6,12H2,1H3. The number of rotatable bonds is 5. The minimum atomic E-state index is -3.58. The van der Waals surface area contributed by atoms with E-state index in [1.165, 1.54) is 17.4 Å². The van der Waals surface area contributed by atoms with Crippen LogP contribution in [0.5, 0.6) is 0 Å². The molecule has 0 bridgehead atoms. The second kappa shape index (κ2) is 5.81. The van der Waals surface area contributed by atoms with E-state index in [-0.39, 0.29) is 23.7 Å². The van der Waals surface area contributed by atoms with Crippen LogP contribution < -0.4 is 5.73 Å². The van der Waals surface area contributed by atoms with Crippen LogP contribution in [0.25, 0.3) is 0 Å². The molecule has 0 heterocycles. The first-order valence-corrected chi connectivity index (χ1v) is 7.25. The molecule has 0 unspecified atom stereocenters. The molecule has 0 aromatic heterocycles. The Morgan fingerprint density at radius 1 is 1.47 bits per heavy atom. The Morgan fingerprint density at radius 3 is 2.65 bits per heavy atom. The summed E-state index contributed by atoms with van der Waals surface area (Å²) in [5.41, 5.74) is 5.89. The first kappa shape index (κ1) is 14.4. The van der Waals surface area contributed by atoms with Crippen LogP contribution in [-0.2, 0) is 10.0 Å². The maximum Gasteiger partial charge on any atom is 0.244 e. The summed E-state index contributed by atoms with van der Waals surface area (Å²) in [5.74, 6) is 0. The van der Waals surface area contributed by atoms with Crippen LogP contribution in [0.3, 0.4) is 0 Å². The van der Waals surface area contributed by atoms with E-state index in [0.29, 0.717) is 6.42 Å². The largest absolute Gasteiger partial charge is 0.398 e. The van der Waals surface area contributed by atoms with Gasteiger partial charge in [-0.05, 0) is 24.6 Å². The van der Waals surface area contributed by atoms with Crippen molar-refractivity contribution >= 4 is 31.6 Å². The summed E-state index contributed by atoms with van der Waals surface area (Å²) in [4.78, 5) is 0.0844. The summed E-state index contributed by atoms with van der Waals surface area (Å²) in [5, 5.41) is 8.69. The Balaban J connectivity index is 3.04. The van der Waals surface area contributed by atoms with Gasteiger partial charge in [-0.3, -0.25) is 0 Å². The molecule has 17 heavy (non-hydrogen) atoms. The molecule has 0 fully saturated rings. The highest BCUT2D eigenvalue weighted by Crippen LogP contribution is 2.25. The highest BCUT2D eigenvalue weighted by atomic mass is 79.9. The minimum absolute atomic E-state index is 0.0460.